The van der Waals surface area contributed by atoms with Crippen molar-refractivity contribution >= 4 is 25.3 Å². The van der Waals surface area contributed by atoms with Crippen LogP contribution >= 0.6 is 19.3 Å². The standard InChI is InChI=1S/C10H13ClNO5P/c11-7-12(18(15,16)17)9(10(13)14)6-8-4-2-1-3-5-8/h1-5,9H,6-7H2,(H,13,14)(H2,15,16,17)/t9-/m0/s1. The van der Waals surface area contributed by atoms with E-state index in [0.717, 1.165) is 0 Å². The lowest BCUT2D eigenvalue weighted by atomic mass is 10.1. The van der Waals surface area contributed by atoms with Gasteiger partial charge in [-0.05, 0) is 12.0 Å². The highest BCUT2D eigenvalue weighted by atomic mass is 35.5. The summed E-state index contributed by atoms with van der Waals surface area (Å²) in [4.78, 5) is 29.2. The van der Waals surface area contributed by atoms with Crippen molar-refractivity contribution in [1.29, 1.82) is 0 Å². The van der Waals surface area contributed by atoms with E-state index in [4.69, 9.17) is 26.5 Å². The Morgan fingerprint density at radius 2 is 1.89 bits per heavy atom. The van der Waals surface area contributed by atoms with Gasteiger partial charge in [-0.25, -0.2) is 4.57 Å². The number of carbonyl (C=O) groups is 1. The Morgan fingerprint density at radius 1 is 1.33 bits per heavy atom. The summed E-state index contributed by atoms with van der Waals surface area (Å²) in [5.41, 5.74) is 0.661. The van der Waals surface area contributed by atoms with Crippen LogP contribution in [0.25, 0.3) is 0 Å². The summed E-state index contributed by atoms with van der Waals surface area (Å²) in [6.45, 7) is 0. The minimum Gasteiger partial charge on any atom is -0.480 e. The fraction of sp³-hybridized carbons (Fsp3) is 0.300. The molecule has 0 spiro atoms. The topological polar surface area (TPSA) is 98.1 Å². The van der Waals surface area contributed by atoms with Crippen LogP contribution in [0, 0.1) is 0 Å². The molecule has 0 amide bonds. The van der Waals surface area contributed by atoms with E-state index in [1.165, 1.54) is 0 Å². The maximum atomic E-state index is 11.2. The van der Waals surface area contributed by atoms with Gasteiger partial charge in [0, 0.05) is 0 Å². The largest absolute Gasteiger partial charge is 0.480 e. The van der Waals surface area contributed by atoms with Gasteiger partial charge in [-0.3, -0.25) is 4.79 Å². The summed E-state index contributed by atoms with van der Waals surface area (Å²) in [7, 11) is -4.70. The van der Waals surface area contributed by atoms with Gasteiger partial charge in [-0.15, -0.1) is 11.6 Å². The Morgan fingerprint density at radius 3 is 2.28 bits per heavy atom. The van der Waals surface area contributed by atoms with E-state index in [9.17, 15) is 9.36 Å². The third-order valence-electron chi connectivity index (χ3n) is 2.37. The van der Waals surface area contributed by atoms with E-state index in [2.05, 4.69) is 0 Å². The van der Waals surface area contributed by atoms with Crippen LogP contribution in [-0.2, 0) is 15.8 Å². The minimum absolute atomic E-state index is 0.0337. The molecule has 100 valence electrons. The van der Waals surface area contributed by atoms with Gasteiger partial charge in [-0.1, -0.05) is 30.3 Å². The van der Waals surface area contributed by atoms with Crippen molar-refractivity contribution in [3.63, 3.8) is 0 Å². The molecule has 3 N–H and O–H groups in total. The number of halogens is 1. The highest BCUT2D eigenvalue weighted by molar-refractivity contribution is 7.49. The molecule has 0 bridgehead atoms. The number of benzene rings is 1. The summed E-state index contributed by atoms with van der Waals surface area (Å²) in [6.07, 6.45) is -0.0337. The Hall–Kier alpha value is -0.910. The van der Waals surface area contributed by atoms with Crippen molar-refractivity contribution in [1.82, 2.24) is 4.67 Å². The molecule has 0 aliphatic carbocycles. The van der Waals surface area contributed by atoms with Crippen LogP contribution in [-0.4, -0.2) is 37.6 Å². The maximum absolute atomic E-state index is 11.2. The Balaban J connectivity index is 2.96. The first-order valence-corrected chi connectivity index (χ1v) is 7.11. The third-order valence-corrected chi connectivity index (χ3v) is 3.89. The van der Waals surface area contributed by atoms with E-state index >= 15 is 0 Å². The molecular weight excluding hydrogens is 281 g/mol. The van der Waals surface area contributed by atoms with Gasteiger partial charge in [-0.2, -0.15) is 4.67 Å². The van der Waals surface area contributed by atoms with Crippen molar-refractivity contribution in [3.8, 4) is 0 Å². The molecule has 1 aromatic carbocycles. The number of hydrogen-bond donors (Lipinski definition) is 3. The highest BCUT2D eigenvalue weighted by Gasteiger charge is 2.36. The van der Waals surface area contributed by atoms with Crippen LogP contribution in [0.15, 0.2) is 30.3 Å². The number of aliphatic carboxylic acids is 1. The number of alkyl halides is 1. The van der Waals surface area contributed by atoms with Gasteiger partial charge in [0.1, 0.15) is 6.04 Å². The number of hydrogen-bond acceptors (Lipinski definition) is 2. The fourth-order valence-corrected chi connectivity index (χ4v) is 2.76. The van der Waals surface area contributed by atoms with Gasteiger partial charge < -0.3 is 14.9 Å². The third kappa shape index (κ3) is 4.08. The monoisotopic (exact) mass is 293 g/mol. The molecule has 1 aromatic rings. The van der Waals surface area contributed by atoms with Crippen LogP contribution in [0.1, 0.15) is 5.56 Å². The number of rotatable bonds is 6. The van der Waals surface area contributed by atoms with Crippen LogP contribution in [0.3, 0.4) is 0 Å². The molecule has 0 unspecified atom stereocenters. The van der Waals surface area contributed by atoms with Gasteiger partial charge in [0.05, 0.1) is 6.00 Å². The Labute approximate surface area is 109 Å². The van der Waals surface area contributed by atoms with Crippen molar-refractivity contribution in [2.75, 3.05) is 6.00 Å². The van der Waals surface area contributed by atoms with Crippen LogP contribution < -0.4 is 0 Å². The first-order chi connectivity index (χ1) is 8.36. The lowest BCUT2D eigenvalue weighted by Crippen LogP contribution is -2.40. The summed E-state index contributed by atoms with van der Waals surface area (Å²) >= 11 is 5.43. The van der Waals surface area contributed by atoms with E-state index in [1.807, 2.05) is 0 Å². The maximum Gasteiger partial charge on any atom is 0.404 e. The SMILES string of the molecule is O=C(O)[C@H](Cc1ccccc1)N(CCl)P(=O)(O)O. The second-order valence-corrected chi connectivity index (χ2v) is 5.40. The zero-order chi connectivity index (χ0) is 13.8. The van der Waals surface area contributed by atoms with Crippen LogP contribution in [0.5, 0.6) is 0 Å². The second kappa shape index (κ2) is 6.31. The molecule has 0 aromatic heterocycles. The van der Waals surface area contributed by atoms with Crippen LogP contribution in [0.2, 0.25) is 0 Å². The number of carboxylic acids is 1. The van der Waals surface area contributed by atoms with E-state index in [0.29, 0.717) is 10.2 Å². The number of nitrogens with zero attached hydrogens (tertiary/aromatic N) is 1. The highest BCUT2D eigenvalue weighted by Crippen LogP contribution is 2.42. The molecule has 0 radical (unpaired) electrons. The zero-order valence-electron chi connectivity index (χ0n) is 9.31. The molecule has 0 aliphatic rings. The lowest BCUT2D eigenvalue weighted by molar-refractivity contribution is -0.141. The van der Waals surface area contributed by atoms with E-state index in [1.54, 1.807) is 30.3 Å². The second-order valence-electron chi connectivity index (χ2n) is 3.62. The molecule has 18 heavy (non-hydrogen) atoms. The van der Waals surface area contributed by atoms with Gasteiger partial charge in [0.2, 0.25) is 0 Å². The summed E-state index contributed by atoms with van der Waals surface area (Å²) < 4.78 is 11.6. The summed E-state index contributed by atoms with van der Waals surface area (Å²) in [6, 6.07) is 6.64. The molecule has 0 fully saturated rings. The quantitative estimate of drug-likeness (QED) is 0.415. The average molecular weight is 294 g/mol. The predicted octanol–water partition coefficient (Wildman–Crippen LogP) is 1.27. The van der Waals surface area contributed by atoms with Gasteiger partial charge in [0.15, 0.2) is 0 Å². The zero-order valence-corrected chi connectivity index (χ0v) is 11.0. The Bertz CT molecular complexity index is 449. The van der Waals surface area contributed by atoms with Crippen molar-refractivity contribution < 1.29 is 24.3 Å². The molecule has 1 atom stereocenters. The predicted molar refractivity (Wildman–Crippen MR) is 66.2 cm³/mol. The average Bonchev–Trinajstić information content (AvgIpc) is 2.28. The van der Waals surface area contributed by atoms with Crippen LogP contribution in [0.4, 0.5) is 0 Å². The van der Waals surface area contributed by atoms with Gasteiger partial charge in [0.25, 0.3) is 0 Å². The molecule has 0 saturated heterocycles. The normalized spacial score (nSPS) is 13.6. The van der Waals surface area contributed by atoms with Crippen molar-refractivity contribution in [3.05, 3.63) is 35.9 Å². The molecule has 0 saturated carbocycles. The van der Waals surface area contributed by atoms with E-state index < -0.39 is 25.8 Å². The molecule has 1 rings (SSSR count). The summed E-state index contributed by atoms with van der Waals surface area (Å²) in [5.74, 6) is -1.33. The van der Waals surface area contributed by atoms with E-state index in [-0.39, 0.29) is 6.42 Å². The molecule has 6 nitrogen and oxygen atoms in total. The van der Waals surface area contributed by atoms with Gasteiger partial charge >= 0.3 is 13.7 Å². The van der Waals surface area contributed by atoms with Crippen molar-refractivity contribution in [2.24, 2.45) is 0 Å². The number of carboxylic acid groups (broad SMARTS) is 1. The summed E-state index contributed by atoms with van der Waals surface area (Å²) in [5, 5.41) is 9.06. The lowest BCUT2D eigenvalue weighted by Gasteiger charge is -2.26. The fourth-order valence-electron chi connectivity index (χ4n) is 1.49. The first kappa shape index (κ1) is 15.1. The molecule has 0 heterocycles. The molecule has 8 heteroatoms. The minimum atomic E-state index is -4.70. The smallest absolute Gasteiger partial charge is 0.404 e. The molecule has 0 aliphatic heterocycles. The van der Waals surface area contributed by atoms with Crippen molar-refractivity contribution in [2.45, 2.75) is 12.5 Å². The molecular formula is C10H13ClNO5P. The Kier molecular flexibility index (Phi) is 5.31. The first-order valence-electron chi connectivity index (χ1n) is 5.01.